The summed E-state index contributed by atoms with van der Waals surface area (Å²) in [5.74, 6) is 0.330. The number of nitrogens with zero attached hydrogens (tertiary/aromatic N) is 2. The lowest BCUT2D eigenvalue weighted by Gasteiger charge is -2.15. The van der Waals surface area contributed by atoms with Gasteiger partial charge in [-0.15, -0.1) is 0 Å². The van der Waals surface area contributed by atoms with Crippen LogP contribution in [-0.2, 0) is 0 Å². The molecule has 0 spiro atoms. The molecule has 1 heterocycles. The number of methoxy groups -OCH3 is 1. The Morgan fingerprint density at radius 3 is 2.53 bits per heavy atom. The third kappa shape index (κ3) is 4.68. The number of carbonyl (C=O) groups excluding carboxylic acids is 1. The maximum atomic E-state index is 13.0. The molecule has 158 valence electrons. The van der Waals surface area contributed by atoms with Gasteiger partial charge in [-0.3, -0.25) is 9.59 Å². The number of carbonyl (C=O) groups is 1. The van der Waals surface area contributed by atoms with Gasteiger partial charge in [-0.25, -0.2) is 0 Å². The summed E-state index contributed by atoms with van der Waals surface area (Å²) in [6, 6.07) is 14.1. The summed E-state index contributed by atoms with van der Waals surface area (Å²) in [7, 11) is 1.56. The van der Waals surface area contributed by atoms with Crippen molar-refractivity contribution in [3.8, 4) is 11.4 Å². The topological polar surface area (TPSA) is 77.7 Å². The van der Waals surface area contributed by atoms with E-state index in [9.17, 15) is 9.59 Å². The van der Waals surface area contributed by atoms with Crippen molar-refractivity contribution in [1.29, 1.82) is 0 Å². The minimum absolute atomic E-state index is 0.239. The van der Waals surface area contributed by atoms with E-state index in [-0.39, 0.29) is 17.2 Å². The molecule has 3 rings (SSSR count). The van der Waals surface area contributed by atoms with Gasteiger partial charge in [-0.1, -0.05) is 24.3 Å². The molecule has 1 aromatic heterocycles. The van der Waals surface area contributed by atoms with E-state index in [1.165, 1.54) is 9.58 Å². The van der Waals surface area contributed by atoms with Crippen molar-refractivity contribution in [2.45, 2.75) is 20.3 Å². The van der Waals surface area contributed by atoms with E-state index in [4.69, 9.17) is 4.74 Å². The second-order valence-electron chi connectivity index (χ2n) is 7.13. The number of hydrogen-bond acceptors (Lipinski definition) is 4. The highest BCUT2D eigenvalue weighted by atomic mass is 16.5. The van der Waals surface area contributed by atoms with Gasteiger partial charge >= 0.3 is 0 Å². The Balaban J connectivity index is 1.93. The van der Waals surface area contributed by atoms with Gasteiger partial charge in [0.1, 0.15) is 5.75 Å². The minimum atomic E-state index is -0.280. The molecule has 7 nitrogen and oxygen atoms in total. The second kappa shape index (κ2) is 10.0. The number of nitrogens with one attached hydrogen (secondary N) is 2. The molecule has 0 saturated carbocycles. The average Bonchev–Trinajstić information content (AvgIpc) is 2.79. The third-order valence-corrected chi connectivity index (χ3v) is 5.31. The fraction of sp³-hybridized carbons (Fsp3) is 0.348. The summed E-state index contributed by atoms with van der Waals surface area (Å²) in [5.41, 5.74) is 0.507. The number of benzene rings is 2. The Kier molecular flexibility index (Phi) is 7.19. The van der Waals surface area contributed by atoms with Crippen LogP contribution in [0.2, 0.25) is 0 Å². The quantitative estimate of drug-likeness (QED) is 0.525. The highest BCUT2D eigenvalue weighted by Crippen LogP contribution is 2.18. The number of rotatable bonds is 9. The normalized spacial score (nSPS) is 11.1. The average molecular weight is 410 g/mol. The predicted octanol–water partition coefficient (Wildman–Crippen LogP) is 1.44. The summed E-state index contributed by atoms with van der Waals surface area (Å²) in [5, 5.41) is 8.39. The predicted molar refractivity (Wildman–Crippen MR) is 118 cm³/mol. The van der Waals surface area contributed by atoms with Crippen LogP contribution in [0.1, 0.15) is 30.8 Å². The Hall–Kier alpha value is -3.19. The van der Waals surface area contributed by atoms with Gasteiger partial charge in [0.15, 0.2) is 5.69 Å². The smallest absolute Gasteiger partial charge is 0.279 e. The van der Waals surface area contributed by atoms with Crippen molar-refractivity contribution in [2.75, 3.05) is 33.3 Å². The number of fused-ring (bicyclic) bond motifs is 1. The molecule has 1 amide bonds. The minimum Gasteiger partial charge on any atom is -0.497 e. The molecular weight excluding hydrogens is 380 g/mol. The zero-order valence-corrected chi connectivity index (χ0v) is 17.8. The molecule has 0 saturated heterocycles. The standard InChI is InChI=1S/C23H28N4O3/c1-4-26(5-2)15-9-14-24-22(28)21-19-12-6-7-13-20(19)23(29)27(25-21)17-10-8-11-18(16-17)30-3/h6-8,10-13,16H,4-5,9,14-15H2,1-3H3,(H,24,28)/p+1. The van der Waals surface area contributed by atoms with Gasteiger partial charge in [-0.2, -0.15) is 9.78 Å². The fourth-order valence-electron chi connectivity index (χ4n) is 3.50. The van der Waals surface area contributed by atoms with Crippen LogP contribution in [-0.4, -0.2) is 49.0 Å². The van der Waals surface area contributed by atoms with Crippen LogP contribution in [0, 0.1) is 0 Å². The molecule has 3 aromatic rings. The fourth-order valence-corrected chi connectivity index (χ4v) is 3.50. The molecule has 30 heavy (non-hydrogen) atoms. The van der Waals surface area contributed by atoms with E-state index >= 15 is 0 Å². The monoisotopic (exact) mass is 409 g/mol. The lowest BCUT2D eigenvalue weighted by atomic mass is 10.1. The van der Waals surface area contributed by atoms with Crippen LogP contribution in [0.3, 0.4) is 0 Å². The summed E-state index contributed by atoms with van der Waals surface area (Å²) in [6.45, 7) is 8.04. The van der Waals surface area contributed by atoms with Gasteiger partial charge in [0.2, 0.25) is 0 Å². The molecule has 0 aliphatic carbocycles. The lowest BCUT2D eigenvalue weighted by molar-refractivity contribution is -0.896. The molecule has 0 aliphatic rings. The number of ether oxygens (including phenoxy) is 1. The van der Waals surface area contributed by atoms with Gasteiger partial charge in [0.05, 0.1) is 37.8 Å². The zero-order valence-electron chi connectivity index (χ0n) is 17.8. The Morgan fingerprint density at radius 2 is 1.83 bits per heavy atom. The van der Waals surface area contributed by atoms with Crippen LogP contribution >= 0.6 is 0 Å². The first kappa shape index (κ1) is 21.5. The van der Waals surface area contributed by atoms with Crippen molar-refractivity contribution >= 4 is 16.7 Å². The summed E-state index contributed by atoms with van der Waals surface area (Å²) in [4.78, 5) is 27.5. The van der Waals surface area contributed by atoms with E-state index in [1.54, 1.807) is 55.6 Å². The maximum absolute atomic E-state index is 13.0. The molecule has 0 aliphatic heterocycles. The summed E-state index contributed by atoms with van der Waals surface area (Å²) >= 11 is 0. The molecule has 0 bridgehead atoms. The summed E-state index contributed by atoms with van der Waals surface area (Å²) < 4.78 is 6.52. The van der Waals surface area contributed by atoms with Crippen LogP contribution in [0.5, 0.6) is 5.75 Å². The largest absolute Gasteiger partial charge is 0.497 e. The SMILES string of the molecule is CC[NH+](CC)CCCNC(=O)c1nn(-c2cccc(OC)c2)c(=O)c2ccccc12. The van der Waals surface area contributed by atoms with Crippen molar-refractivity contribution in [3.63, 3.8) is 0 Å². The van der Waals surface area contributed by atoms with E-state index in [1.807, 2.05) is 0 Å². The van der Waals surface area contributed by atoms with Crippen molar-refractivity contribution in [3.05, 3.63) is 64.6 Å². The Labute approximate surface area is 176 Å². The van der Waals surface area contributed by atoms with E-state index in [2.05, 4.69) is 24.3 Å². The highest BCUT2D eigenvalue weighted by Gasteiger charge is 2.17. The number of hydrogen-bond donors (Lipinski definition) is 2. The summed E-state index contributed by atoms with van der Waals surface area (Å²) in [6.07, 6.45) is 0.885. The van der Waals surface area contributed by atoms with Crippen molar-refractivity contribution in [2.24, 2.45) is 0 Å². The molecule has 0 fully saturated rings. The third-order valence-electron chi connectivity index (χ3n) is 5.31. The van der Waals surface area contributed by atoms with Crippen molar-refractivity contribution in [1.82, 2.24) is 15.1 Å². The maximum Gasteiger partial charge on any atom is 0.279 e. The molecule has 2 aromatic carbocycles. The van der Waals surface area contributed by atoms with Crippen molar-refractivity contribution < 1.29 is 14.4 Å². The number of amides is 1. The molecule has 2 N–H and O–H groups in total. The van der Waals surface area contributed by atoms with E-state index < -0.39 is 0 Å². The van der Waals surface area contributed by atoms with Crippen LogP contribution < -0.4 is 20.5 Å². The first-order valence-electron chi connectivity index (χ1n) is 10.4. The van der Waals surface area contributed by atoms with E-state index in [0.29, 0.717) is 28.8 Å². The number of aromatic nitrogens is 2. The first-order valence-corrected chi connectivity index (χ1v) is 10.4. The van der Waals surface area contributed by atoms with Gasteiger partial charge < -0.3 is 15.0 Å². The molecule has 0 radical (unpaired) electrons. The van der Waals surface area contributed by atoms with Crippen LogP contribution in [0.25, 0.3) is 16.5 Å². The first-order chi connectivity index (χ1) is 14.6. The Morgan fingerprint density at radius 1 is 1.10 bits per heavy atom. The van der Waals surface area contributed by atoms with Crippen LogP contribution in [0.4, 0.5) is 0 Å². The van der Waals surface area contributed by atoms with Gasteiger partial charge in [-0.05, 0) is 32.0 Å². The molecular formula is C23H29N4O3+. The van der Waals surface area contributed by atoms with Gasteiger partial charge in [0.25, 0.3) is 11.5 Å². The molecule has 0 unspecified atom stereocenters. The highest BCUT2D eigenvalue weighted by molar-refractivity contribution is 6.04. The lowest BCUT2D eigenvalue weighted by Crippen LogP contribution is -3.11. The Bertz CT molecular complexity index is 1070. The molecule has 7 heteroatoms. The number of quaternary nitrogens is 1. The van der Waals surface area contributed by atoms with Crippen LogP contribution in [0.15, 0.2) is 53.3 Å². The second-order valence-corrected chi connectivity index (χ2v) is 7.13. The van der Waals surface area contributed by atoms with Gasteiger partial charge in [0, 0.05) is 24.4 Å². The van der Waals surface area contributed by atoms with E-state index in [0.717, 1.165) is 26.1 Å². The zero-order chi connectivity index (χ0) is 21.5. The molecule has 0 atom stereocenters.